The Balaban J connectivity index is 2.03. The molecule has 3 heteroatoms. The number of ketones is 1. The highest BCUT2D eigenvalue weighted by Gasteiger charge is 2.20. The smallest absolute Gasteiger partial charge is 0.179 e. The van der Waals surface area contributed by atoms with E-state index in [1.54, 1.807) is 0 Å². The minimum absolute atomic E-state index is 0.142. The number of rotatable bonds is 6. The highest BCUT2D eigenvalue weighted by atomic mass is 16.3. The van der Waals surface area contributed by atoms with Crippen LogP contribution in [0.15, 0.2) is 40.8 Å². The van der Waals surface area contributed by atoms with Gasteiger partial charge in [-0.15, -0.1) is 0 Å². The molecule has 2 rings (SSSR count). The van der Waals surface area contributed by atoms with Crippen LogP contribution >= 0.6 is 0 Å². The van der Waals surface area contributed by atoms with E-state index in [9.17, 15) is 4.79 Å². The first-order valence-corrected chi connectivity index (χ1v) is 7.40. The maximum absolute atomic E-state index is 12.5. The van der Waals surface area contributed by atoms with Crippen molar-refractivity contribution in [2.75, 3.05) is 7.05 Å². The number of Topliss-reactive ketones (excluding diaryl/α,β-unsaturated/α-hetero) is 1. The van der Waals surface area contributed by atoms with Crippen LogP contribution in [-0.2, 0) is 13.0 Å². The number of likely N-dealkylation sites (N-methyl/N-ethyl adjacent to an activating group) is 1. The maximum atomic E-state index is 12.5. The van der Waals surface area contributed by atoms with E-state index in [1.165, 1.54) is 5.56 Å². The molecule has 0 radical (unpaired) electrons. The summed E-state index contributed by atoms with van der Waals surface area (Å²) in [6.07, 6.45) is 0.988. The van der Waals surface area contributed by atoms with Crippen molar-refractivity contribution in [1.82, 2.24) is 4.90 Å². The number of aryl methyl sites for hydroxylation is 2. The highest BCUT2D eigenvalue weighted by Crippen LogP contribution is 2.14. The summed E-state index contributed by atoms with van der Waals surface area (Å²) < 4.78 is 5.57. The quantitative estimate of drug-likeness (QED) is 0.756. The number of hydrogen-bond acceptors (Lipinski definition) is 3. The second-order valence-electron chi connectivity index (χ2n) is 5.52. The maximum Gasteiger partial charge on any atom is 0.179 e. The lowest BCUT2D eigenvalue weighted by molar-refractivity contribution is 0.0855. The number of carbonyl (C=O) groups excluding carboxylic acids is 1. The fourth-order valence-electron chi connectivity index (χ4n) is 2.30. The lowest BCUT2D eigenvalue weighted by Crippen LogP contribution is -2.35. The Morgan fingerprint density at radius 3 is 2.38 bits per heavy atom. The van der Waals surface area contributed by atoms with Crippen molar-refractivity contribution in [2.24, 2.45) is 0 Å². The van der Waals surface area contributed by atoms with Crippen LogP contribution in [0.2, 0.25) is 0 Å². The number of nitrogens with zero attached hydrogens (tertiary/aromatic N) is 1. The summed E-state index contributed by atoms with van der Waals surface area (Å²) in [7, 11) is 1.95. The predicted molar refractivity (Wildman–Crippen MR) is 84.5 cm³/mol. The van der Waals surface area contributed by atoms with E-state index in [0.717, 1.165) is 23.5 Å². The second kappa shape index (κ2) is 6.72. The van der Waals surface area contributed by atoms with E-state index >= 15 is 0 Å². The number of hydrogen-bond donors (Lipinski definition) is 0. The highest BCUT2D eigenvalue weighted by molar-refractivity contribution is 5.99. The average Bonchev–Trinajstić information content (AvgIpc) is 2.90. The van der Waals surface area contributed by atoms with Crippen molar-refractivity contribution in [2.45, 2.75) is 39.8 Å². The van der Waals surface area contributed by atoms with E-state index in [1.807, 2.05) is 62.2 Å². The largest absolute Gasteiger partial charge is 0.465 e. The molecule has 0 aliphatic carbocycles. The van der Waals surface area contributed by atoms with E-state index in [-0.39, 0.29) is 11.8 Å². The van der Waals surface area contributed by atoms with Crippen LogP contribution in [0.25, 0.3) is 0 Å². The van der Waals surface area contributed by atoms with Gasteiger partial charge in [-0.05, 0) is 45.0 Å². The molecular weight excluding hydrogens is 262 g/mol. The molecule has 0 fully saturated rings. The third-order valence-electron chi connectivity index (χ3n) is 3.89. The van der Waals surface area contributed by atoms with Gasteiger partial charge in [0.1, 0.15) is 11.5 Å². The van der Waals surface area contributed by atoms with E-state index in [2.05, 4.69) is 6.92 Å². The molecule has 1 aromatic heterocycles. The Bertz CT molecular complexity index is 598. The summed E-state index contributed by atoms with van der Waals surface area (Å²) in [5, 5.41) is 0. The Labute approximate surface area is 126 Å². The molecule has 3 nitrogen and oxygen atoms in total. The van der Waals surface area contributed by atoms with Crippen LogP contribution in [0.5, 0.6) is 0 Å². The summed E-state index contributed by atoms with van der Waals surface area (Å²) in [5.41, 5.74) is 2.01. The monoisotopic (exact) mass is 285 g/mol. The molecule has 0 aliphatic rings. The zero-order chi connectivity index (χ0) is 15.4. The molecular formula is C18H23NO2. The van der Waals surface area contributed by atoms with Crippen LogP contribution in [0, 0.1) is 6.92 Å². The lowest BCUT2D eigenvalue weighted by atomic mass is 10.0. The average molecular weight is 285 g/mol. The van der Waals surface area contributed by atoms with Gasteiger partial charge < -0.3 is 4.42 Å². The fourth-order valence-corrected chi connectivity index (χ4v) is 2.30. The third-order valence-corrected chi connectivity index (χ3v) is 3.89. The van der Waals surface area contributed by atoms with Gasteiger partial charge in [-0.3, -0.25) is 9.69 Å². The van der Waals surface area contributed by atoms with Gasteiger partial charge in [-0.25, -0.2) is 0 Å². The third kappa shape index (κ3) is 3.82. The van der Waals surface area contributed by atoms with Gasteiger partial charge >= 0.3 is 0 Å². The molecule has 0 amide bonds. The SMILES string of the molecule is CCc1ccc(C(=O)C(C)N(C)Cc2ccc(C)o2)cc1. The van der Waals surface area contributed by atoms with E-state index in [4.69, 9.17) is 4.42 Å². The summed E-state index contributed by atoms with van der Waals surface area (Å²) in [5.74, 6) is 1.92. The summed E-state index contributed by atoms with van der Waals surface area (Å²) in [6.45, 7) is 6.60. The van der Waals surface area contributed by atoms with Gasteiger partial charge in [-0.2, -0.15) is 0 Å². The van der Waals surface area contributed by atoms with Gasteiger partial charge in [0.15, 0.2) is 5.78 Å². The van der Waals surface area contributed by atoms with Crippen LogP contribution in [0.4, 0.5) is 0 Å². The Morgan fingerprint density at radius 1 is 1.19 bits per heavy atom. The zero-order valence-electron chi connectivity index (χ0n) is 13.2. The normalized spacial score (nSPS) is 12.6. The van der Waals surface area contributed by atoms with Gasteiger partial charge in [0.2, 0.25) is 0 Å². The van der Waals surface area contributed by atoms with Crippen molar-refractivity contribution in [1.29, 1.82) is 0 Å². The summed E-state index contributed by atoms with van der Waals surface area (Å²) in [4.78, 5) is 14.5. The minimum Gasteiger partial charge on any atom is -0.465 e. The first kappa shape index (κ1) is 15.5. The van der Waals surface area contributed by atoms with Gasteiger partial charge in [0.05, 0.1) is 12.6 Å². The van der Waals surface area contributed by atoms with Gasteiger partial charge in [-0.1, -0.05) is 31.2 Å². The Morgan fingerprint density at radius 2 is 1.86 bits per heavy atom. The molecule has 1 atom stereocenters. The topological polar surface area (TPSA) is 33.5 Å². The number of furan rings is 1. The Hall–Kier alpha value is -1.87. The summed E-state index contributed by atoms with van der Waals surface area (Å²) in [6, 6.07) is 11.6. The summed E-state index contributed by atoms with van der Waals surface area (Å²) >= 11 is 0. The number of benzene rings is 1. The number of carbonyl (C=O) groups is 1. The van der Waals surface area contributed by atoms with Crippen LogP contribution in [-0.4, -0.2) is 23.8 Å². The molecule has 0 bridgehead atoms. The zero-order valence-corrected chi connectivity index (χ0v) is 13.2. The molecule has 0 saturated heterocycles. The molecule has 1 heterocycles. The molecule has 21 heavy (non-hydrogen) atoms. The van der Waals surface area contributed by atoms with Crippen molar-refractivity contribution >= 4 is 5.78 Å². The van der Waals surface area contributed by atoms with E-state index in [0.29, 0.717) is 6.54 Å². The molecule has 0 aliphatic heterocycles. The molecule has 2 aromatic rings. The van der Waals surface area contributed by atoms with Crippen molar-refractivity contribution in [3.05, 3.63) is 59.0 Å². The van der Waals surface area contributed by atoms with Crippen molar-refractivity contribution in [3.63, 3.8) is 0 Å². The van der Waals surface area contributed by atoms with Crippen molar-refractivity contribution in [3.8, 4) is 0 Å². The minimum atomic E-state index is -0.178. The fraction of sp³-hybridized carbons (Fsp3) is 0.389. The standard InChI is InChI=1S/C18H23NO2/c1-5-15-7-9-16(10-8-15)18(20)14(3)19(4)12-17-11-6-13(2)21-17/h6-11,14H,5,12H2,1-4H3. The molecule has 1 aromatic carbocycles. The Kier molecular flexibility index (Phi) is 4.97. The second-order valence-corrected chi connectivity index (χ2v) is 5.52. The van der Waals surface area contributed by atoms with Gasteiger partial charge in [0.25, 0.3) is 0 Å². The van der Waals surface area contributed by atoms with Crippen molar-refractivity contribution < 1.29 is 9.21 Å². The lowest BCUT2D eigenvalue weighted by Gasteiger charge is -2.22. The molecule has 112 valence electrons. The van der Waals surface area contributed by atoms with Gasteiger partial charge in [0, 0.05) is 5.56 Å². The molecule has 1 unspecified atom stereocenters. The molecule has 0 N–H and O–H groups in total. The van der Waals surface area contributed by atoms with E-state index < -0.39 is 0 Å². The molecule has 0 saturated carbocycles. The first-order chi connectivity index (χ1) is 10.0. The van der Waals surface area contributed by atoms with Crippen LogP contribution in [0.1, 0.15) is 41.3 Å². The predicted octanol–water partition coefficient (Wildman–Crippen LogP) is 3.85. The van der Waals surface area contributed by atoms with Crippen LogP contribution in [0.3, 0.4) is 0 Å². The van der Waals surface area contributed by atoms with Crippen LogP contribution < -0.4 is 0 Å². The molecule has 0 spiro atoms. The first-order valence-electron chi connectivity index (χ1n) is 7.40.